The van der Waals surface area contributed by atoms with Gasteiger partial charge in [-0.1, -0.05) is 12.1 Å². The predicted octanol–water partition coefficient (Wildman–Crippen LogP) is 6.06. The van der Waals surface area contributed by atoms with Crippen LogP contribution < -0.4 is 4.90 Å². The lowest BCUT2D eigenvalue weighted by Gasteiger charge is -2.41. The van der Waals surface area contributed by atoms with Crippen molar-refractivity contribution in [3.63, 3.8) is 0 Å². The van der Waals surface area contributed by atoms with Crippen molar-refractivity contribution in [3.8, 4) is 0 Å². The predicted molar refractivity (Wildman–Crippen MR) is 165 cm³/mol. The van der Waals surface area contributed by atoms with Crippen LogP contribution in [0.1, 0.15) is 82.7 Å². The van der Waals surface area contributed by atoms with E-state index in [-0.39, 0.29) is 35.4 Å². The molecule has 6 nitrogen and oxygen atoms in total. The first kappa shape index (κ1) is 31.9. The van der Waals surface area contributed by atoms with E-state index in [1.165, 1.54) is 23.3 Å². The van der Waals surface area contributed by atoms with Crippen molar-refractivity contribution in [1.82, 2.24) is 14.7 Å². The van der Waals surface area contributed by atoms with Gasteiger partial charge in [-0.15, -0.1) is 0 Å². The topological polar surface area (TPSA) is 47.1 Å². The van der Waals surface area contributed by atoms with Crippen LogP contribution in [0.5, 0.6) is 0 Å². The van der Waals surface area contributed by atoms with Gasteiger partial charge in [-0.2, -0.15) is 0 Å². The maximum Gasteiger partial charge on any atom is 0.227 e. The van der Waals surface area contributed by atoms with Gasteiger partial charge < -0.3 is 14.7 Å². The molecule has 42 heavy (non-hydrogen) atoms. The monoisotopic (exact) mass is 582 g/mol. The van der Waals surface area contributed by atoms with Crippen molar-refractivity contribution in [3.05, 3.63) is 64.2 Å². The molecule has 2 aliphatic rings. The van der Waals surface area contributed by atoms with E-state index in [2.05, 4.69) is 63.5 Å². The van der Waals surface area contributed by atoms with Crippen molar-refractivity contribution in [2.45, 2.75) is 85.9 Å². The van der Waals surface area contributed by atoms with Crippen LogP contribution in [0.3, 0.4) is 0 Å². The SMILES string of the molecule is CC(=O)N(C(C)C)C(C)c1cc(C)c(C)cc1N1CCN(C(=O)[C@@H]2CN(C(C)(C)C)C[C@@H]2c2ccc(F)cc2F)CC1. The fourth-order valence-electron chi connectivity index (χ4n) is 6.79. The summed E-state index contributed by atoms with van der Waals surface area (Å²) in [5, 5.41) is 0. The lowest BCUT2D eigenvalue weighted by atomic mass is 9.87. The van der Waals surface area contributed by atoms with Gasteiger partial charge in [0.25, 0.3) is 0 Å². The van der Waals surface area contributed by atoms with Gasteiger partial charge in [0, 0.05) is 75.4 Å². The summed E-state index contributed by atoms with van der Waals surface area (Å²) in [6.45, 7) is 21.8. The largest absolute Gasteiger partial charge is 0.368 e. The summed E-state index contributed by atoms with van der Waals surface area (Å²) in [5.74, 6) is -1.85. The van der Waals surface area contributed by atoms with E-state index in [0.29, 0.717) is 44.8 Å². The Kier molecular flexibility index (Phi) is 9.36. The minimum absolute atomic E-state index is 0.0337. The van der Waals surface area contributed by atoms with E-state index >= 15 is 0 Å². The fraction of sp³-hybridized carbons (Fsp3) is 0.588. The summed E-state index contributed by atoms with van der Waals surface area (Å²) in [5.41, 5.74) is 4.83. The highest BCUT2D eigenvalue weighted by Gasteiger charge is 2.44. The number of hydrogen-bond acceptors (Lipinski definition) is 4. The number of likely N-dealkylation sites (tertiary alicyclic amines) is 1. The maximum absolute atomic E-state index is 14.9. The standard InChI is InChI=1S/C34H48F2N4O2/c1-21(2)40(25(6)41)24(5)28-16-22(3)23(4)17-32(28)37-12-14-38(15-13-37)33(42)30-20-39(34(7,8)9)19-29(30)27-11-10-26(35)18-31(27)36/h10-11,16-18,21,24,29-30H,12-15,19-20H2,1-9H3/t24?,29-,30-/m1/s1. The van der Waals surface area contributed by atoms with Crippen molar-refractivity contribution >= 4 is 17.5 Å². The highest BCUT2D eigenvalue weighted by molar-refractivity contribution is 5.81. The molecule has 2 fully saturated rings. The van der Waals surface area contributed by atoms with E-state index in [1.807, 2.05) is 23.6 Å². The quantitative estimate of drug-likeness (QED) is 0.415. The van der Waals surface area contributed by atoms with E-state index in [1.54, 1.807) is 6.92 Å². The first-order valence-electron chi connectivity index (χ1n) is 15.2. The zero-order valence-corrected chi connectivity index (χ0v) is 26.8. The molecule has 0 saturated carbocycles. The molecule has 3 atom stereocenters. The molecule has 0 spiro atoms. The molecule has 0 radical (unpaired) electrons. The van der Waals surface area contributed by atoms with Crippen LogP contribution in [-0.2, 0) is 9.59 Å². The van der Waals surface area contributed by atoms with E-state index < -0.39 is 17.6 Å². The van der Waals surface area contributed by atoms with Crippen LogP contribution in [0.2, 0.25) is 0 Å². The second-order valence-electron chi connectivity index (χ2n) is 13.5. The van der Waals surface area contributed by atoms with E-state index in [4.69, 9.17) is 0 Å². The van der Waals surface area contributed by atoms with Gasteiger partial charge in [-0.05, 0) is 89.8 Å². The Hall–Kier alpha value is -3.00. The second kappa shape index (κ2) is 12.3. The minimum atomic E-state index is -0.610. The Labute approximate surface area is 250 Å². The average molecular weight is 583 g/mol. The number of amides is 2. The molecule has 2 aromatic carbocycles. The summed E-state index contributed by atoms with van der Waals surface area (Å²) in [6, 6.07) is 8.10. The lowest BCUT2D eigenvalue weighted by Crippen LogP contribution is -2.52. The summed E-state index contributed by atoms with van der Waals surface area (Å²) in [4.78, 5) is 35.0. The Morgan fingerprint density at radius 2 is 1.55 bits per heavy atom. The fourth-order valence-corrected chi connectivity index (χ4v) is 6.79. The van der Waals surface area contributed by atoms with Gasteiger partial charge in [0.2, 0.25) is 11.8 Å². The number of nitrogens with zero attached hydrogens (tertiary/aromatic N) is 4. The molecule has 2 aromatic rings. The van der Waals surface area contributed by atoms with Crippen molar-refractivity contribution in [1.29, 1.82) is 0 Å². The highest BCUT2D eigenvalue weighted by Crippen LogP contribution is 2.39. The third kappa shape index (κ3) is 6.48. The van der Waals surface area contributed by atoms with Crippen molar-refractivity contribution in [2.75, 3.05) is 44.2 Å². The number of anilines is 1. The van der Waals surface area contributed by atoms with Crippen LogP contribution in [0.4, 0.5) is 14.5 Å². The molecular weight excluding hydrogens is 534 g/mol. The van der Waals surface area contributed by atoms with Gasteiger partial charge in [-0.3, -0.25) is 14.5 Å². The Morgan fingerprint density at radius 3 is 2.10 bits per heavy atom. The molecule has 2 aliphatic heterocycles. The average Bonchev–Trinajstić information content (AvgIpc) is 3.35. The van der Waals surface area contributed by atoms with Gasteiger partial charge in [0.05, 0.1) is 12.0 Å². The molecule has 1 unspecified atom stereocenters. The van der Waals surface area contributed by atoms with Gasteiger partial charge in [0.1, 0.15) is 11.6 Å². The third-order valence-corrected chi connectivity index (χ3v) is 9.31. The number of carbonyl (C=O) groups is 2. The Balaban J connectivity index is 1.56. The summed E-state index contributed by atoms with van der Waals surface area (Å²) in [7, 11) is 0. The van der Waals surface area contributed by atoms with Crippen LogP contribution >= 0.6 is 0 Å². The van der Waals surface area contributed by atoms with Gasteiger partial charge in [0.15, 0.2) is 0 Å². The van der Waals surface area contributed by atoms with Crippen LogP contribution in [0.25, 0.3) is 0 Å². The molecule has 0 N–H and O–H groups in total. The number of rotatable bonds is 6. The smallest absolute Gasteiger partial charge is 0.227 e. The highest BCUT2D eigenvalue weighted by atomic mass is 19.1. The minimum Gasteiger partial charge on any atom is -0.368 e. The third-order valence-electron chi connectivity index (χ3n) is 9.31. The summed E-state index contributed by atoms with van der Waals surface area (Å²) < 4.78 is 28.7. The molecule has 2 heterocycles. The Bertz CT molecular complexity index is 1310. The summed E-state index contributed by atoms with van der Waals surface area (Å²) in [6.07, 6.45) is 0. The van der Waals surface area contributed by atoms with Crippen LogP contribution in [0, 0.1) is 31.4 Å². The first-order valence-corrected chi connectivity index (χ1v) is 15.2. The Morgan fingerprint density at radius 1 is 0.929 bits per heavy atom. The number of piperazine rings is 1. The molecule has 0 aromatic heterocycles. The van der Waals surface area contributed by atoms with Crippen molar-refractivity contribution < 1.29 is 18.4 Å². The van der Waals surface area contributed by atoms with Gasteiger partial charge in [-0.25, -0.2) is 8.78 Å². The zero-order valence-electron chi connectivity index (χ0n) is 26.8. The van der Waals surface area contributed by atoms with Gasteiger partial charge >= 0.3 is 0 Å². The molecule has 0 bridgehead atoms. The van der Waals surface area contributed by atoms with Crippen LogP contribution in [0.15, 0.2) is 30.3 Å². The number of benzene rings is 2. The molecule has 2 saturated heterocycles. The molecule has 0 aliphatic carbocycles. The normalized spacial score (nSPS) is 20.8. The number of hydrogen-bond donors (Lipinski definition) is 0. The summed E-state index contributed by atoms with van der Waals surface area (Å²) >= 11 is 0. The number of halogens is 2. The van der Waals surface area contributed by atoms with Crippen molar-refractivity contribution in [2.24, 2.45) is 5.92 Å². The number of aryl methyl sites for hydroxylation is 2. The molecule has 4 rings (SSSR count). The second-order valence-corrected chi connectivity index (χ2v) is 13.5. The maximum atomic E-state index is 14.9. The molecule has 230 valence electrons. The lowest BCUT2D eigenvalue weighted by molar-refractivity contribution is -0.136. The van der Waals surface area contributed by atoms with E-state index in [0.717, 1.165) is 17.3 Å². The first-order chi connectivity index (χ1) is 19.6. The molecular formula is C34H48F2N4O2. The molecule has 2 amide bonds. The zero-order chi connectivity index (χ0) is 31.1. The molecule has 8 heteroatoms. The van der Waals surface area contributed by atoms with E-state index in [9.17, 15) is 18.4 Å². The number of carbonyl (C=O) groups excluding carboxylic acids is 2. The van der Waals surface area contributed by atoms with Crippen LogP contribution in [-0.4, -0.2) is 77.4 Å².